The second-order valence-electron chi connectivity index (χ2n) is 3.50. The first-order chi connectivity index (χ1) is 7.05. The quantitative estimate of drug-likeness (QED) is 0.528. The predicted octanol–water partition coefficient (Wildman–Crippen LogP) is -1.74. The molecule has 1 heterocycles. The summed E-state index contributed by atoms with van der Waals surface area (Å²) in [5.74, 6) is -0.149. The van der Waals surface area contributed by atoms with Gasteiger partial charge in [-0.15, -0.1) is 0 Å². The first-order valence-corrected chi connectivity index (χ1v) is 6.60. The number of rotatable bonds is 5. The van der Waals surface area contributed by atoms with Gasteiger partial charge in [0.1, 0.15) is 0 Å². The smallest absolute Gasteiger partial charge is 0.224 e. The van der Waals surface area contributed by atoms with Crippen molar-refractivity contribution in [3.8, 4) is 0 Å². The van der Waals surface area contributed by atoms with E-state index in [1.807, 2.05) is 0 Å². The average molecular weight is 235 g/mol. The van der Waals surface area contributed by atoms with Crippen molar-refractivity contribution in [1.82, 2.24) is 15.4 Å². The van der Waals surface area contributed by atoms with Crippen LogP contribution in [-0.2, 0) is 14.8 Å². The molecule has 0 bridgehead atoms. The Morgan fingerprint density at radius 1 is 1.53 bits per heavy atom. The summed E-state index contributed by atoms with van der Waals surface area (Å²) in [5, 5.41) is 5.70. The molecule has 0 saturated carbocycles. The third-order valence-electron chi connectivity index (χ3n) is 2.41. The second-order valence-corrected chi connectivity index (χ2v) is 5.55. The van der Waals surface area contributed by atoms with Gasteiger partial charge in [-0.1, -0.05) is 0 Å². The summed E-state index contributed by atoms with van der Waals surface area (Å²) in [6, 6.07) is 0. The normalized spacial score (nSPS) is 21.5. The van der Waals surface area contributed by atoms with Crippen LogP contribution in [0.2, 0.25) is 0 Å². The van der Waals surface area contributed by atoms with Crippen molar-refractivity contribution in [3.05, 3.63) is 0 Å². The van der Waals surface area contributed by atoms with Gasteiger partial charge in [0.05, 0.1) is 11.7 Å². The first-order valence-electron chi connectivity index (χ1n) is 4.95. The van der Waals surface area contributed by atoms with E-state index in [9.17, 15) is 13.2 Å². The predicted molar refractivity (Wildman–Crippen MR) is 56.8 cm³/mol. The van der Waals surface area contributed by atoms with Crippen LogP contribution >= 0.6 is 0 Å². The van der Waals surface area contributed by atoms with Gasteiger partial charge in [0.15, 0.2) is 0 Å². The fraction of sp³-hybridized carbons (Fsp3) is 0.875. The molecule has 1 aliphatic rings. The van der Waals surface area contributed by atoms with Gasteiger partial charge < -0.3 is 10.6 Å². The summed E-state index contributed by atoms with van der Waals surface area (Å²) in [6.45, 7) is 1.70. The zero-order valence-electron chi connectivity index (χ0n) is 8.75. The molecule has 1 fully saturated rings. The van der Waals surface area contributed by atoms with Crippen molar-refractivity contribution < 1.29 is 13.2 Å². The third-order valence-corrected chi connectivity index (χ3v) is 3.78. The van der Waals surface area contributed by atoms with Gasteiger partial charge in [-0.3, -0.25) is 4.79 Å². The molecule has 1 amide bonds. The Morgan fingerprint density at radius 2 is 2.27 bits per heavy atom. The number of amides is 1. The summed E-state index contributed by atoms with van der Waals surface area (Å²) >= 11 is 0. The fourth-order valence-corrected chi connectivity index (χ4v) is 2.01. The Hall–Kier alpha value is -0.660. The van der Waals surface area contributed by atoms with Gasteiger partial charge in [-0.2, -0.15) is 0 Å². The first kappa shape index (κ1) is 12.4. The fourth-order valence-electron chi connectivity index (χ4n) is 1.43. The molecule has 88 valence electrons. The molecule has 0 radical (unpaired) electrons. The number of nitrogens with one attached hydrogen (secondary N) is 3. The second kappa shape index (κ2) is 5.43. The number of hydrogen-bond donors (Lipinski definition) is 3. The molecular formula is C8H17N3O3S. The highest BCUT2D eigenvalue weighted by Crippen LogP contribution is 2.06. The summed E-state index contributed by atoms with van der Waals surface area (Å²) in [4.78, 5) is 11.5. The van der Waals surface area contributed by atoms with Crippen LogP contribution in [0.15, 0.2) is 0 Å². The number of hydrogen-bond acceptors (Lipinski definition) is 4. The minimum Gasteiger partial charge on any atom is -0.355 e. The molecule has 0 spiro atoms. The van der Waals surface area contributed by atoms with Crippen molar-refractivity contribution in [1.29, 1.82) is 0 Å². The highest BCUT2D eigenvalue weighted by atomic mass is 32.2. The third kappa shape index (κ3) is 4.15. The molecule has 0 aromatic rings. The molecule has 1 saturated heterocycles. The summed E-state index contributed by atoms with van der Waals surface area (Å²) < 4.78 is 24.2. The average Bonchev–Trinajstić information content (AvgIpc) is 2.70. The minimum absolute atomic E-state index is 0.0118. The van der Waals surface area contributed by atoms with E-state index in [0.717, 1.165) is 13.0 Å². The van der Waals surface area contributed by atoms with E-state index in [1.54, 1.807) is 0 Å². The van der Waals surface area contributed by atoms with Gasteiger partial charge in [0.25, 0.3) is 0 Å². The Bertz CT molecular complexity index is 309. The Morgan fingerprint density at radius 3 is 2.80 bits per heavy atom. The molecule has 0 aliphatic carbocycles. The lowest BCUT2D eigenvalue weighted by atomic mass is 10.1. The molecule has 1 unspecified atom stereocenters. The molecule has 0 aromatic carbocycles. The molecule has 15 heavy (non-hydrogen) atoms. The van der Waals surface area contributed by atoms with Crippen molar-refractivity contribution in [2.75, 3.05) is 32.4 Å². The van der Waals surface area contributed by atoms with Gasteiger partial charge in [-0.25, -0.2) is 13.1 Å². The van der Waals surface area contributed by atoms with Crippen LogP contribution < -0.4 is 15.4 Å². The van der Waals surface area contributed by atoms with Crippen molar-refractivity contribution >= 4 is 15.9 Å². The largest absolute Gasteiger partial charge is 0.355 e. The van der Waals surface area contributed by atoms with Gasteiger partial charge >= 0.3 is 0 Å². The topological polar surface area (TPSA) is 87.3 Å². The maximum absolute atomic E-state index is 11.5. The Balaban J connectivity index is 2.22. The molecule has 7 heteroatoms. The number of sulfonamides is 1. The molecular weight excluding hydrogens is 218 g/mol. The monoisotopic (exact) mass is 235 g/mol. The van der Waals surface area contributed by atoms with Crippen molar-refractivity contribution in [3.63, 3.8) is 0 Å². The molecule has 6 nitrogen and oxygen atoms in total. The maximum atomic E-state index is 11.5. The van der Waals surface area contributed by atoms with E-state index in [1.165, 1.54) is 7.05 Å². The minimum atomic E-state index is -3.22. The van der Waals surface area contributed by atoms with Crippen LogP contribution in [-0.4, -0.2) is 46.8 Å². The maximum Gasteiger partial charge on any atom is 0.224 e. The van der Waals surface area contributed by atoms with Crippen LogP contribution in [0.25, 0.3) is 0 Å². The van der Waals surface area contributed by atoms with E-state index in [-0.39, 0.29) is 24.1 Å². The van der Waals surface area contributed by atoms with Gasteiger partial charge in [-0.05, 0) is 20.0 Å². The SMILES string of the molecule is CNS(=O)(=O)CCNC(=O)C1CCNC1. The van der Waals surface area contributed by atoms with Crippen LogP contribution in [0, 0.1) is 5.92 Å². The van der Waals surface area contributed by atoms with E-state index >= 15 is 0 Å². The van der Waals surface area contributed by atoms with E-state index in [0.29, 0.717) is 6.54 Å². The lowest BCUT2D eigenvalue weighted by molar-refractivity contribution is -0.124. The van der Waals surface area contributed by atoms with Crippen molar-refractivity contribution in [2.45, 2.75) is 6.42 Å². The number of carbonyl (C=O) groups excluding carboxylic acids is 1. The highest BCUT2D eigenvalue weighted by molar-refractivity contribution is 7.89. The molecule has 1 atom stereocenters. The molecule has 3 N–H and O–H groups in total. The molecule has 1 rings (SSSR count). The van der Waals surface area contributed by atoms with Gasteiger partial charge in [0.2, 0.25) is 15.9 Å². The lowest BCUT2D eigenvalue weighted by Gasteiger charge is -2.09. The van der Waals surface area contributed by atoms with E-state index in [4.69, 9.17) is 0 Å². The van der Waals surface area contributed by atoms with Crippen LogP contribution in [0.3, 0.4) is 0 Å². The van der Waals surface area contributed by atoms with Crippen LogP contribution in [0.4, 0.5) is 0 Å². The van der Waals surface area contributed by atoms with Crippen LogP contribution in [0.1, 0.15) is 6.42 Å². The zero-order chi connectivity index (χ0) is 11.3. The van der Waals surface area contributed by atoms with Gasteiger partial charge in [0, 0.05) is 13.1 Å². The van der Waals surface area contributed by atoms with Crippen LogP contribution in [0.5, 0.6) is 0 Å². The zero-order valence-corrected chi connectivity index (χ0v) is 9.56. The van der Waals surface area contributed by atoms with Crippen molar-refractivity contribution in [2.24, 2.45) is 5.92 Å². The standard InChI is InChI=1S/C8H17N3O3S/c1-9-15(13,14)5-4-11-8(12)7-2-3-10-6-7/h7,9-10H,2-6H2,1H3,(H,11,12). The van der Waals surface area contributed by atoms with E-state index < -0.39 is 10.0 Å². The Kier molecular flexibility index (Phi) is 4.49. The summed E-state index contributed by atoms with van der Waals surface area (Å²) in [7, 11) is -1.86. The summed E-state index contributed by atoms with van der Waals surface area (Å²) in [6.07, 6.45) is 0.824. The summed E-state index contributed by atoms with van der Waals surface area (Å²) in [5.41, 5.74) is 0. The van der Waals surface area contributed by atoms with E-state index in [2.05, 4.69) is 15.4 Å². The molecule has 0 aromatic heterocycles. The molecule has 1 aliphatic heterocycles. The highest BCUT2D eigenvalue weighted by Gasteiger charge is 2.22. The Labute approximate surface area is 89.9 Å². The number of carbonyl (C=O) groups is 1. The lowest BCUT2D eigenvalue weighted by Crippen LogP contribution is -2.36.